The minimum absolute atomic E-state index is 0.00576. The summed E-state index contributed by atoms with van der Waals surface area (Å²) < 4.78 is 98.7. The van der Waals surface area contributed by atoms with Gasteiger partial charge in [-0.2, -0.15) is 0 Å². The first-order valence-electron chi connectivity index (χ1n) is 12.0. The Kier molecular flexibility index (Phi) is 8.09. The van der Waals surface area contributed by atoms with Gasteiger partial charge in [0.05, 0.1) is 0 Å². The quantitative estimate of drug-likeness (QED) is 0.206. The SMILES string of the molecule is CCCc1ccc(-c2ccc(-c3ccc(CCc4ccc(OC(F)(F)F)c(F)c4)c(F)c3F)cc2)c(F)c1. The highest BCUT2D eigenvalue weighted by molar-refractivity contribution is 5.71. The Labute approximate surface area is 215 Å². The van der Waals surface area contributed by atoms with Crippen molar-refractivity contribution in [3.63, 3.8) is 0 Å². The molecule has 0 amide bonds. The molecule has 0 saturated heterocycles. The molecule has 198 valence electrons. The Hall–Kier alpha value is -3.81. The second-order valence-electron chi connectivity index (χ2n) is 8.85. The number of rotatable bonds is 8. The van der Waals surface area contributed by atoms with E-state index in [1.165, 1.54) is 24.3 Å². The van der Waals surface area contributed by atoms with E-state index in [2.05, 4.69) is 4.74 Å². The molecule has 0 bridgehead atoms. The van der Waals surface area contributed by atoms with Gasteiger partial charge in [-0.25, -0.2) is 17.6 Å². The fourth-order valence-corrected chi connectivity index (χ4v) is 4.26. The van der Waals surface area contributed by atoms with E-state index in [9.17, 15) is 30.7 Å². The van der Waals surface area contributed by atoms with E-state index in [-0.39, 0.29) is 29.8 Å². The van der Waals surface area contributed by atoms with E-state index in [1.807, 2.05) is 13.0 Å². The number of hydrogen-bond acceptors (Lipinski definition) is 1. The molecule has 4 aromatic rings. The summed E-state index contributed by atoms with van der Waals surface area (Å²) in [6, 6.07) is 17.3. The van der Waals surface area contributed by atoms with Crippen LogP contribution < -0.4 is 4.74 Å². The maximum absolute atomic E-state index is 14.9. The molecule has 4 rings (SSSR count). The number of alkyl halides is 3. The molecular weight excluding hydrogens is 509 g/mol. The zero-order valence-corrected chi connectivity index (χ0v) is 20.3. The zero-order chi connectivity index (χ0) is 27.4. The van der Waals surface area contributed by atoms with Crippen molar-refractivity contribution < 1.29 is 35.5 Å². The molecular formula is C30H23F7O. The number of hydrogen-bond donors (Lipinski definition) is 0. The molecule has 1 nitrogen and oxygen atoms in total. The third-order valence-corrected chi connectivity index (χ3v) is 6.15. The summed E-state index contributed by atoms with van der Waals surface area (Å²) >= 11 is 0. The zero-order valence-electron chi connectivity index (χ0n) is 20.3. The van der Waals surface area contributed by atoms with Gasteiger partial charge in [0.25, 0.3) is 0 Å². The van der Waals surface area contributed by atoms with Gasteiger partial charge in [-0.15, -0.1) is 13.2 Å². The Morgan fingerprint density at radius 2 is 1.18 bits per heavy atom. The van der Waals surface area contributed by atoms with Crippen molar-refractivity contribution in [2.75, 3.05) is 0 Å². The van der Waals surface area contributed by atoms with Crippen LogP contribution in [0.4, 0.5) is 30.7 Å². The fraction of sp³-hybridized carbons (Fsp3) is 0.200. The molecule has 0 spiro atoms. The molecule has 0 radical (unpaired) electrons. The van der Waals surface area contributed by atoms with Crippen LogP contribution in [0.5, 0.6) is 5.75 Å². The molecule has 0 atom stereocenters. The molecule has 0 aliphatic carbocycles. The van der Waals surface area contributed by atoms with Gasteiger partial charge in [0.15, 0.2) is 23.2 Å². The number of benzene rings is 4. The molecule has 0 heterocycles. The lowest BCUT2D eigenvalue weighted by Crippen LogP contribution is -2.18. The van der Waals surface area contributed by atoms with Gasteiger partial charge in [-0.1, -0.05) is 67.9 Å². The first-order chi connectivity index (χ1) is 18.1. The molecule has 0 unspecified atom stereocenters. The van der Waals surface area contributed by atoms with E-state index >= 15 is 0 Å². The molecule has 0 aliphatic rings. The first-order valence-corrected chi connectivity index (χ1v) is 12.0. The highest BCUT2D eigenvalue weighted by Crippen LogP contribution is 2.31. The van der Waals surface area contributed by atoms with Crippen LogP contribution in [0.2, 0.25) is 0 Å². The van der Waals surface area contributed by atoms with E-state index < -0.39 is 29.6 Å². The van der Waals surface area contributed by atoms with Crippen LogP contribution in [0.15, 0.2) is 72.8 Å². The van der Waals surface area contributed by atoms with Gasteiger partial charge in [-0.3, -0.25) is 0 Å². The smallest absolute Gasteiger partial charge is 0.403 e. The summed E-state index contributed by atoms with van der Waals surface area (Å²) in [6.07, 6.45) is -3.29. The molecule has 0 saturated carbocycles. The summed E-state index contributed by atoms with van der Waals surface area (Å²) in [5, 5.41) is 0. The van der Waals surface area contributed by atoms with Gasteiger partial charge in [0, 0.05) is 11.1 Å². The lowest BCUT2D eigenvalue weighted by molar-refractivity contribution is -0.275. The van der Waals surface area contributed by atoms with E-state index in [0.29, 0.717) is 22.3 Å². The van der Waals surface area contributed by atoms with Crippen LogP contribution in [0.1, 0.15) is 30.0 Å². The lowest BCUT2D eigenvalue weighted by Gasteiger charge is -2.12. The van der Waals surface area contributed by atoms with Crippen molar-refractivity contribution in [3.05, 3.63) is 113 Å². The third kappa shape index (κ3) is 6.36. The normalized spacial score (nSPS) is 11.6. The summed E-state index contributed by atoms with van der Waals surface area (Å²) in [5.41, 5.74) is 2.68. The van der Waals surface area contributed by atoms with E-state index in [0.717, 1.165) is 30.5 Å². The molecule has 0 aliphatic heterocycles. The van der Waals surface area contributed by atoms with Crippen molar-refractivity contribution in [1.82, 2.24) is 0 Å². The largest absolute Gasteiger partial charge is 0.573 e. The lowest BCUT2D eigenvalue weighted by atomic mass is 9.96. The summed E-state index contributed by atoms with van der Waals surface area (Å²) in [5.74, 6) is -4.66. The maximum Gasteiger partial charge on any atom is 0.573 e. The van der Waals surface area contributed by atoms with Crippen LogP contribution in [0.25, 0.3) is 22.3 Å². The van der Waals surface area contributed by atoms with Crippen LogP contribution in [-0.2, 0) is 19.3 Å². The van der Waals surface area contributed by atoms with E-state index in [4.69, 9.17) is 0 Å². The minimum Gasteiger partial charge on any atom is -0.403 e. The Bertz CT molecular complexity index is 1430. The maximum atomic E-state index is 14.9. The molecule has 0 fully saturated rings. The van der Waals surface area contributed by atoms with Crippen molar-refractivity contribution in [2.45, 2.75) is 39.0 Å². The highest BCUT2D eigenvalue weighted by Gasteiger charge is 2.32. The van der Waals surface area contributed by atoms with Gasteiger partial charge >= 0.3 is 6.36 Å². The van der Waals surface area contributed by atoms with E-state index in [1.54, 1.807) is 30.3 Å². The van der Waals surface area contributed by atoms with Crippen LogP contribution in [-0.4, -0.2) is 6.36 Å². The summed E-state index contributed by atoms with van der Waals surface area (Å²) in [7, 11) is 0. The van der Waals surface area contributed by atoms with Crippen LogP contribution in [0, 0.1) is 23.3 Å². The second-order valence-corrected chi connectivity index (χ2v) is 8.85. The fourth-order valence-electron chi connectivity index (χ4n) is 4.26. The average molecular weight is 532 g/mol. The number of halogens is 7. The Morgan fingerprint density at radius 3 is 1.79 bits per heavy atom. The molecule has 38 heavy (non-hydrogen) atoms. The van der Waals surface area contributed by atoms with Gasteiger partial charge in [0.2, 0.25) is 0 Å². The van der Waals surface area contributed by atoms with Crippen LogP contribution in [0.3, 0.4) is 0 Å². The van der Waals surface area contributed by atoms with Gasteiger partial charge < -0.3 is 4.74 Å². The monoisotopic (exact) mass is 532 g/mol. The Balaban J connectivity index is 1.48. The van der Waals surface area contributed by atoms with Crippen molar-refractivity contribution >= 4 is 0 Å². The van der Waals surface area contributed by atoms with Crippen molar-refractivity contribution in [3.8, 4) is 28.0 Å². The third-order valence-electron chi connectivity index (χ3n) is 6.15. The second kappa shape index (κ2) is 11.3. The topological polar surface area (TPSA) is 9.23 Å². The predicted molar refractivity (Wildman–Crippen MR) is 132 cm³/mol. The Morgan fingerprint density at radius 1 is 0.605 bits per heavy atom. The van der Waals surface area contributed by atoms with Gasteiger partial charge in [-0.05, 0) is 65.3 Å². The molecule has 8 heteroatoms. The van der Waals surface area contributed by atoms with Gasteiger partial charge in [0.1, 0.15) is 5.82 Å². The number of ether oxygens (including phenoxy) is 1. The number of aryl methyl sites for hydroxylation is 3. The molecule has 0 N–H and O–H groups in total. The summed E-state index contributed by atoms with van der Waals surface area (Å²) in [6.45, 7) is 2.01. The van der Waals surface area contributed by atoms with Crippen molar-refractivity contribution in [2.24, 2.45) is 0 Å². The predicted octanol–water partition coefficient (Wildman–Crippen LogP) is 9.21. The molecule has 0 aromatic heterocycles. The molecule has 4 aromatic carbocycles. The van der Waals surface area contributed by atoms with Crippen molar-refractivity contribution in [1.29, 1.82) is 0 Å². The first kappa shape index (κ1) is 27.2. The summed E-state index contributed by atoms with van der Waals surface area (Å²) in [4.78, 5) is 0. The standard InChI is InChI=1S/C30H23F7O/c1-2-3-18-5-13-23(25(31)16-18)20-8-10-21(11-9-20)24-14-12-22(28(33)29(24)34)7-4-19-6-15-27(26(32)17-19)38-30(35,36)37/h5-6,8-17H,2-4,7H2,1H3. The highest BCUT2D eigenvalue weighted by atomic mass is 19.4. The van der Waals surface area contributed by atoms with Crippen LogP contribution >= 0.6 is 0 Å². The average Bonchev–Trinajstić information content (AvgIpc) is 2.86. The minimum atomic E-state index is -5.03.